The number of hydrogen-bond acceptors (Lipinski definition) is 2. The van der Waals surface area contributed by atoms with E-state index in [4.69, 9.17) is 5.73 Å². The molecule has 2 aromatic rings. The first-order valence-corrected chi connectivity index (χ1v) is 7.23. The average molecular weight is 257 g/mol. The second-order valence-electron chi connectivity index (χ2n) is 4.38. The lowest BCUT2D eigenvalue weighted by atomic mass is 9.99. The van der Waals surface area contributed by atoms with Crippen molar-refractivity contribution in [1.29, 1.82) is 0 Å². The summed E-state index contributed by atoms with van der Waals surface area (Å²) in [6.07, 6.45) is 4.32. The van der Waals surface area contributed by atoms with Gasteiger partial charge >= 0.3 is 0 Å². The standard InChI is InChI=1S/C16H19NS/c1-2-13(16-9-6-12-18-16)10-11-15(17)14-7-4-3-5-8-14/h3-9,11-13H,2,10,17H2,1H3. The van der Waals surface area contributed by atoms with E-state index in [2.05, 4.69) is 42.6 Å². The highest BCUT2D eigenvalue weighted by Crippen LogP contribution is 2.28. The first kappa shape index (κ1) is 12.9. The Balaban J connectivity index is 2.05. The Kier molecular flexibility index (Phi) is 4.59. The Bertz CT molecular complexity index is 485. The molecule has 0 aliphatic carbocycles. The van der Waals surface area contributed by atoms with Crippen LogP contribution in [0.25, 0.3) is 5.70 Å². The number of benzene rings is 1. The molecular weight excluding hydrogens is 238 g/mol. The van der Waals surface area contributed by atoms with Crippen LogP contribution in [0.3, 0.4) is 0 Å². The van der Waals surface area contributed by atoms with E-state index >= 15 is 0 Å². The number of hydrogen-bond donors (Lipinski definition) is 1. The van der Waals surface area contributed by atoms with Gasteiger partial charge in [0.25, 0.3) is 0 Å². The first-order valence-electron chi connectivity index (χ1n) is 6.35. The normalized spacial score (nSPS) is 13.5. The van der Waals surface area contributed by atoms with E-state index in [1.807, 2.05) is 29.5 Å². The monoisotopic (exact) mass is 257 g/mol. The van der Waals surface area contributed by atoms with Crippen LogP contribution < -0.4 is 5.73 Å². The highest BCUT2D eigenvalue weighted by molar-refractivity contribution is 7.10. The Morgan fingerprint density at radius 3 is 2.61 bits per heavy atom. The molecule has 0 spiro atoms. The van der Waals surface area contributed by atoms with E-state index in [9.17, 15) is 0 Å². The van der Waals surface area contributed by atoms with E-state index in [-0.39, 0.29) is 0 Å². The molecule has 2 N–H and O–H groups in total. The highest BCUT2D eigenvalue weighted by atomic mass is 32.1. The minimum absolute atomic E-state index is 0.590. The van der Waals surface area contributed by atoms with E-state index < -0.39 is 0 Å². The third kappa shape index (κ3) is 3.23. The summed E-state index contributed by atoms with van der Waals surface area (Å²) in [6.45, 7) is 2.23. The van der Waals surface area contributed by atoms with Gasteiger partial charge in [0.15, 0.2) is 0 Å². The molecule has 1 nitrogen and oxygen atoms in total. The number of rotatable bonds is 5. The lowest BCUT2D eigenvalue weighted by molar-refractivity contribution is 0.687. The van der Waals surface area contributed by atoms with Crippen LogP contribution in [0.5, 0.6) is 0 Å². The van der Waals surface area contributed by atoms with Crippen molar-refractivity contribution in [2.45, 2.75) is 25.7 Å². The third-order valence-electron chi connectivity index (χ3n) is 3.17. The lowest BCUT2D eigenvalue weighted by Gasteiger charge is -2.11. The van der Waals surface area contributed by atoms with Crippen molar-refractivity contribution in [2.24, 2.45) is 5.73 Å². The van der Waals surface area contributed by atoms with Crippen LogP contribution in [0, 0.1) is 0 Å². The molecule has 0 saturated heterocycles. The number of allylic oxidation sites excluding steroid dienone is 1. The molecule has 2 rings (SSSR count). The van der Waals surface area contributed by atoms with Gasteiger partial charge < -0.3 is 5.73 Å². The van der Waals surface area contributed by atoms with Gasteiger partial charge in [-0.3, -0.25) is 0 Å². The van der Waals surface area contributed by atoms with Gasteiger partial charge in [-0.25, -0.2) is 0 Å². The molecule has 1 heterocycles. The van der Waals surface area contributed by atoms with Crippen molar-refractivity contribution in [3.63, 3.8) is 0 Å². The van der Waals surface area contributed by atoms with Crippen molar-refractivity contribution < 1.29 is 0 Å². The maximum Gasteiger partial charge on any atom is 0.0347 e. The van der Waals surface area contributed by atoms with Crippen LogP contribution in [0.2, 0.25) is 0 Å². The molecular formula is C16H19NS. The van der Waals surface area contributed by atoms with Crippen molar-refractivity contribution in [2.75, 3.05) is 0 Å². The largest absolute Gasteiger partial charge is 0.399 e. The van der Waals surface area contributed by atoms with Gasteiger partial charge in [-0.05, 0) is 35.8 Å². The first-order chi connectivity index (χ1) is 8.81. The molecule has 1 atom stereocenters. The minimum Gasteiger partial charge on any atom is -0.399 e. The fourth-order valence-electron chi connectivity index (χ4n) is 2.03. The van der Waals surface area contributed by atoms with Gasteiger partial charge in [-0.2, -0.15) is 0 Å². The molecule has 0 radical (unpaired) electrons. The van der Waals surface area contributed by atoms with E-state index in [1.165, 1.54) is 4.88 Å². The third-order valence-corrected chi connectivity index (χ3v) is 4.20. The fraction of sp³-hybridized carbons (Fsp3) is 0.250. The second-order valence-corrected chi connectivity index (χ2v) is 5.36. The summed E-state index contributed by atoms with van der Waals surface area (Å²) in [5.41, 5.74) is 8.11. The van der Waals surface area contributed by atoms with Gasteiger partial charge in [0, 0.05) is 10.6 Å². The van der Waals surface area contributed by atoms with Crippen molar-refractivity contribution in [3.8, 4) is 0 Å². The SMILES string of the molecule is CCC(CC=C(N)c1ccccc1)c1cccs1. The smallest absolute Gasteiger partial charge is 0.0347 e. The molecule has 2 heteroatoms. The Labute approximate surface area is 113 Å². The summed E-state index contributed by atoms with van der Waals surface area (Å²) in [6, 6.07) is 14.5. The molecule has 0 amide bonds. The summed E-state index contributed by atoms with van der Waals surface area (Å²) in [7, 11) is 0. The van der Waals surface area contributed by atoms with Crippen molar-refractivity contribution in [3.05, 3.63) is 64.4 Å². The van der Waals surface area contributed by atoms with Crippen LogP contribution in [0.15, 0.2) is 53.9 Å². The Morgan fingerprint density at radius 2 is 2.00 bits per heavy atom. The topological polar surface area (TPSA) is 26.0 Å². The number of thiophene rings is 1. The summed E-state index contributed by atoms with van der Waals surface area (Å²) in [5, 5.41) is 2.14. The zero-order valence-electron chi connectivity index (χ0n) is 10.7. The summed E-state index contributed by atoms with van der Waals surface area (Å²) >= 11 is 1.83. The molecule has 1 aromatic heterocycles. The molecule has 1 aromatic carbocycles. The van der Waals surface area contributed by atoms with Crippen LogP contribution in [-0.4, -0.2) is 0 Å². The average Bonchev–Trinajstić information content (AvgIpc) is 2.94. The highest BCUT2D eigenvalue weighted by Gasteiger charge is 2.09. The molecule has 0 bridgehead atoms. The predicted molar refractivity (Wildman–Crippen MR) is 80.6 cm³/mol. The maximum atomic E-state index is 6.12. The number of nitrogens with two attached hydrogens (primary N) is 1. The van der Waals surface area contributed by atoms with Crippen molar-refractivity contribution >= 4 is 17.0 Å². The molecule has 0 aliphatic rings. The van der Waals surface area contributed by atoms with Gasteiger partial charge in [0.1, 0.15) is 0 Å². The van der Waals surface area contributed by atoms with E-state index in [1.54, 1.807) is 0 Å². The summed E-state index contributed by atoms with van der Waals surface area (Å²) in [5.74, 6) is 0.590. The minimum atomic E-state index is 0.590. The van der Waals surface area contributed by atoms with Gasteiger partial charge in [0.2, 0.25) is 0 Å². The predicted octanol–water partition coefficient (Wildman–Crippen LogP) is 4.63. The van der Waals surface area contributed by atoms with Gasteiger partial charge in [0.05, 0.1) is 0 Å². The molecule has 0 saturated carbocycles. The molecule has 94 valence electrons. The lowest BCUT2D eigenvalue weighted by Crippen LogP contribution is -1.98. The second kappa shape index (κ2) is 6.41. The van der Waals surface area contributed by atoms with E-state index in [0.29, 0.717) is 5.92 Å². The molecule has 0 fully saturated rings. The Morgan fingerprint density at radius 1 is 1.22 bits per heavy atom. The Hall–Kier alpha value is -1.54. The van der Waals surface area contributed by atoms with Crippen LogP contribution in [0.1, 0.15) is 36.1 Å². The van der Waals surface area contributed by atoms with Crippen LogP contribution >= 0.6 is 11.3 Å². The molecule has 18 heavy (non-hydrogen) atoms. The van der Waals surface area contributed by atoms with E-state index in [0.717, 1.165) is 24.1 Å². The van der Waals surface area contributed by atoms with Crippen LogP contribution in [-0.2, 0) is 0 Å². The molecule has 1 unspecified atom stereocenters. The van der Waals surface area contributed by atoms with Gasteiger partial charge in [-0.15, -0.1) is 11.3 Å². The summed E-state index contributed by atoms with van der Waals surface area (Å²) in [4.78, 5) is 1.45. The zero-order valence-corrected chi connectivity index (χ0v) is 11.5. The van der Waals surface area contributed by atoms with Crippen LogP contribution in [0.4, 0.5) is 0 Å². The summed E-state index contributed by atoms with van der Waals surface area (Å²) < 4.78 is 0. The van der Waals surface area contributed by atoms with Crippen molar-refractivity contribution in [1.82, 2.24) is 0 Å². The van der Waals surface area contributed by atoms with Gasteiger partial charge in [-0.1, -0.05) is 49.4 Å². The maximum absolute atomic E-state index is 6.12. The molecule has 0 aliphatic heterocycles. The zero-order chi connectivity index (χ0) is 12.8. The quantitative estimate of drug-likeness (QED) is 0.830. The fourth-order valence-corrected chi connectivity index (χ4v) is 2.95.